The molecule has 1 atom stereocenters. The van der Waals surface area contributed by atoms with Crippen molar-refractivity contribution in [2.75, 3.05) is 13.1 Å². The second-order valence-corrected chi connectivity index (χ2v) is 9.87. The smallest absolute Gasteiger partial charge is 0.251 e. The fourth-order valence-electron chi connectivity index (χ4n) is 4.94. The monoisotopic (exact) mass is 490 g/mol. The molecule has 190 valence electrons. The van der Waals surface area contributed by atoms with Crippen molar-refractivity contribution < 1.29 is 19.5 Å². The number of fused-ring (bicyclic) bond motifs is 1. The van der Waals surface area contributed by atoms with E-state index in [2.05, 4.69) is 29.0 Å². The Morgan fingerprint density at radius 3 is 2.64 bits per heavy atom. The number of ether oxygens (including phenoxy) is 1. The first-order valence-corrected chi connectivity index (χ1v) is 12.4. The molecule has 3 aromatic rings. The maximum absolute atomic E-state index is 13.2. The molecule has 1 aliphatic heterocycles. The molecule has 0 aliphatic carbocycles. The molecule has 1 aliphatic rings. The number of para-hydroxylation sites is 1. The van der Waals surface area contributed by atoms with Gasteiger partial charge in [0.15, 0.2) is 0 Å². The van der Waals surface area contributed by atoms with E-state index in [1.807, 2.05) is 37.3 Å². The number of hydrogen-bond acceptors (Lipinski definition) is 6. The highest BCUT2D eigenvalue weighted by molar-refractivity contribution is 5.95. The standard InChI is InChI=1S/C28H34N4O4/c1-19(2)32-14-6-13-28(18-32,16-26(33)31-35)30-27(34)21-9-11-23(12-10-21)36-17-22-15-20(3)29-25-8-5-4-7-24(22)25/h4-5,7-12,15,19,35H,6,13-14,16-18H2,1-3H3,(H,30,34)(H,31,33)/t28-/m1/s1. The maximum Gasteiger partial charge on any atom is 0.251 e. The number of nitrogens with zero attached hydrogens (tertiary/aromatic N) is 2. The lowest BCUT2D eigenvalue weighted by Crippen LogP contribution is -2.61. The van der Waals surface area contributed by atoms with E-state index in [4.69, 9.17) is 9.94 Å². The number of rotatable bonds is 8. The van der Waals surface area contributed by atoms with E-state index in [1.54, 1.807) is 29.7 Å². The predicted molar refractivity (Wildman–Crippen MR) is 138 cm³/mol. The molecule has 2 heterocycles. The van der Waals surface area contributed by atoms with Crippen LogP contribution in [0.3, 0.4) is 0 Å². The zero-order valence-electron chi connectivity index (χ0n) is 21.1. The molecule has 0 spiro atoms. The van der Waals surface area contributed by atoms with Crippen molar-refractivity contribution in [1.29, 1.82) is 0 Å². The van der Waals surface area contributed by atoms with Crippen molar-refractivity contribution in [3.8, 4) is 5.75 Å². The number of amides is 2. The molecule has 3 N–H and O–H groups in total. The van der Waals surface area contributed by atoms with E-state index in [0.29, 0.717) is 30.9 Å². The highest BCUT2D eigenvalue weighted by atomic mass is 16.5. The van der Waals surface area contributed by atoms with Gasteiger partial charge in [0.1, 0.15) is 12.4 Å². The Labute approximate surface area is 211 Å². The lowest BCUT2D eigenvalue weighted by molar-refractivity contribution is -0.131. The molecule has 0 radical (unpaired) electrons. The van der Waals surface area contributed by atoms with Crippen LogP contribution in [-0.2, 0) is 11.4 Å². The summed E-state index contributed by atoms with van der Waals surface area (Å²) in [6.07, 6.45) is 1.53. The number of pyridine rings is 1. The average molecular weight is 491 g/mol. The number of carbonyl (C=O) groups is 2. The summed E-state index contributed by atoms with van der Waals surface area (Å²) in [5, 5.41) is 13.3. The molecule has 8 heteroatoms. The van der Waals surface area contributed by atoms with E-state index in [-0.39, 0.29) is 18.4 Å². The predicted octanol–water partition coefficient (Wildman–Crippen LogP) is 3.99. The number of carbonyl (C=O) groups excluding carboxylic acids is 2. The highest BCUT2D eigenvalue weighted by Crippen LogP contribution is 2.27. The van der Waals surface area contributed by atoms with Crippen LogP contribution < -0.4 is 15.5 Å². The Bertz CT molecular complexity index is 1230. The van der Waals surface area contributed by atoms with Gasteiger partial charge in [-0.1, -0.05) is 18.2 Å². The third-order valence-electron chi connectivity index (χ3n) is 6.78. The first kappa shape index (κ1) is 25.6. The molecule has 4 rings (SSSR count). The van der Waals surface area contributed by atoms with Crippen LogP contribution in [0.25, 0.3) is 10.9 Å². The second kappa shape index (κ2) is 11.1. The molecule has 2 amide bonds. The number of aromatic nitrogens is 1. The minimum atomic E-state index is -0.748. The lowest BCUT2D eigenvalue weighted by Gasteiger charge is -2.44. The lowest BCUT2D eigenvalue weighted by atomic mass is 9.84. The van der Waals surface area contributed by atoms with Gasteiger partial charge in [0, 0.05) is 34.8 Å². The Morgan fingerprint density at radius 1 is 1.17 bits per heavy atom. The second-order valence-electron chi connectivity index (χ2n) is 9.87. The fourth-order valence-corrected chi connectivity index (χ4v) is 4.94. The first-order chi connectivity index (χ1) is 17.3. The van der Waals surface area contributed by atoms with Gasteiger partial charge in [0.25, 0.3) is 5.91 Å². The first-order valence-electron chi connectivity index (χ1n) is 12.4. The number of aryl methyl sites for hydroxylation is 1. The van der Waals surface area contributed by atoms with E-state index in [0.717, 1.165) is 35.1 Å². The Kier molecular flexibility index (Phi) is 7.86. The third-order valence-corrected chi connectivity index (χ3v) is 6.78. The van der Waals surface area contributed by atoms with E-state index < -0.39 is 11.4 Å². The van der Waals surface area contributed by atoms with E-state index in [1.165, 1.54) is 0 Å². The molecule has 0 unspecified atom stereocenters. The molecule has 2 aromatic carbocycles. The van der Waals surface area contributed by atoms with Crippen molar-refractivity contribution in [2.45, 2.75) is 58.2 Å². The van der Waals surface area contributed by atoms with Crippen molar-refractivity contribution in [2.24, 2.45) is 0 Å². The number of benzene rings is 2. The van der Waals surface area contributed by atoms with Crippen LogP contribution in [0.2, 0.25) is 0 Å². The summed E-state index contributed by atoms with van der Waals surface area (Å²) in [4.78, 5) is 32.0. The van der Waals surface area contributed by atoms with E-state index >= 15 is 0 Å². The Morgan fingerprint density at radius 2 is 1.92 bits per heavy atom. The molecule has 1 aromatic heterocycles. The average Bonchev–Trinajstić information content (AvgIpc) is 2.87. The number of piperidine rings is 1. The summed E-state index contributed by atoms with van der Waals surface area (Å²) in [6.45, 7) is 8.00. The molecule has 8 nitrogen and oxygen atoms in total. The summed E-state index contributed by atoms with van der Waals surface area (Å²) >= 11 is 0. The number of nitrogens with one attached hydrogen (secondary N) is 2. The minimum Gasteiger partial charge on any atom is -0.489 e. The van der Waals surface area contributed by atoms with Gasteiger partial charge in [0.2, 0.25) is 5.91 Å². The molecule has 0 saturated carbocycles. The van der Waals surface area contributed by atoms with Crippen LogP contribution >= 0.6 is 0 Å². The van der Waals surface area contributed by atoms with Crippen molar-refractivity contribution >= 4 is 22.7 Å². The zero-order chi connectivity index (χ0) is 25.7. The van der Waals surface area contributed by atoms with Crippen LogP contribution in [0.1, 0.15) is 54.7 Å². The van der Waals surface area contributed by atoms with Gasteiger partial charge in [-0.05, 0) is 76.6 Å². The van der Waals surface area contributed by atoms with Crippen molar-refractivity contribution in [3.63, 3.8) is 0 Å². The number of hydroxylamine groups is 1. The third kappa shape index (κ3) is 6.01. The largest absolute Gasteiger partial charge is 0.489 e. The summed E-state index contributed by atoms with van der Waals surface area (Å²) in [5.74, 6) is -0.111. The van der Waals surface area contributed by atoms with Crippen LogP contribution in [0.15, 0.2) is 54.6 Å². The molecular formula is C28H34N4O4. The van der Waals surface area contributed by atoms with Gasteiger partial charge in [-0.25, -0.2) is 5.48 Å². The SMILES string of the molecule is Cc1cc(COc2ccc(C(=O)N[C@@]3(CC(=O)NO)CCCN(C(C)C)C3)cc2)c2ccccc2n1. The van der Waals surface area contributed by atoms with Gasteiger partial charge in [-0.15, -0.1) is 0 Å². The molecule has 0 bridgehead atoms. The topological polar surface area (TPSA) is 104 Å². The molecule has 1 saturated heterocycles. The van der Waals surface area contributed by atoms with Gasteiger partial charge in [0.05, 0.1) is 17.5 Å². The van der Waals surface area contributed by atoms with Gasteiger partial charge in [-0.2, -0.15) is 0 Å². The van der Waals surface area contributed by atoms with Gasteiger partial charge >= 0.3 is 0 Å². The summed E-state index contributed by atoms with van der Waals surface area (Å²) < 4.78 is 6.02. The highest BCUT2D eigenvalue weighted by Gasteiger charge is 2.39. The summed E-state index contributed by atoms with van der Waals surface area (Å²) in [6, 6.07) is 17.3. The Balaban J connectivity index is 1.45. The molecule has 36 heavy (non-hydrogen) atoms. The van der Waals surface area contributed by atoms with Gasteiger partial charge < -0.3 is 10.1 Å². The molecule has 1 fully saturated rings. The van der Waals surface area contributed by atoms with Crippen molar-refractivity contribution in [3.05, 3.63) is 71.4 Å². The quantitative estimate of drug-likeness (QED) is 0.326. The van der Waals surface area contributed by atoms with Crippen molar-refractivity contribution in [1.82, 2.24) is 20.7 Å². The Hall–Kier alpha value is -3.49. The normalized spacial score (nSPS) is 18.2. The fraction of sp³-hybridized carbons (Fsp3) is 0.393. The van der Waals surface area contributed by atoms with Gasteiger partial charge in [-0.3, -0.25) is 24.7 Å². The molecular weight excluding hydrogens is 456 g/mol. The zero-order valence-corrected chi connectivity index (χ0v) is 21.1. The van der Waals surface area contributed by atoms with Crippen LogP contribution in [0, 0.1) is 6.92 Å². The number of likely N-dealkylation sites (tertiary alicyclic amines) is 1. The maximum atomic E-state index is 13.2. The minimum absolute atomic E-state index is 0.0129. The van der Waals surface area contributed by atoms with Crippen LogP contribution in [0.4, 0.5) is 0 Å². The van der Waals surface area contributed by atoms with E-state index in [9.17, 15) is 9.59 Å². The number of hydrogen-bond donors (Lipinski definition) is 3. The van der Waals surface area contributed by atoms with Crippen LogP contribution in [-0.4, -0.2) is 51.6 Å². The summed E-state index contributed by atoms with van der Waals surface area (Å²) in [7, 11) is 0. The van der Waals surface area contributed by atoms with Crippen LogP contribution in [0.5, 0.6) is 5.75 Å². The summed E-state index contributed by atoms with van der Waals surface area (Å²) in [5.41, 5.74) is 4.37.